The Hall–Kier alpha value is -1.89. The number of nitrogens with zero attached hydrogens (tertiary/aromatic N) is 1. The average Bonchev–Trinajstić information content (AvgIpc) is 3.02. The Morgan fingerprint density at radius 1 is 1.41 bits per heavy atom. The highest BCUT2D eigenvalue weighted by molar-refractivity contribution is 7.14. The first-order chi connectivity index (χ1) is 10.5. The van der Waals surface area contributed by atoms with Gasteiger partial charge in [0.15, 0.2) is 0 Å². The second kappa shape index (κ2) is 5.39. The molecule has 0 spiro atoms. The van der Waals surface area contributed by atoms with Gasteiger partial charge in [-0.3, -0.25) is 19.7 Å². The number of fused-ring (bicyclic) bond motifs is 1. The van der Waals surface area contributed by atoms with Gasteiger partial charge in [-0.25, -0.2) is 0 Å². The zero-order valence-corrected chi connectivity index (χ0v) is 13.5. The van der Waals surface area contributed by atoms with E-state index in [0.29, 0.717) is 18.5 Å². The number of amides is 3. The summed E-state index contributed by atoms with van der Waals surface area (Å²) in [6, 6.07) is 0. The third-order valence-corrected chi connectivity index (χ3v) is 5.38. The van der Waals surface area contributed by atoms with Crippen molar-refractivity contribution in [2.75, 3.05) is 11.9 Å². The van der Waals surface area contributed by atoms with Crippen LogP contribution in [0.1, 0.15) is 49.0 Å². The quantitative estimate of drug-likeness (QED) is 0.828. The Morgan fingerprint density at radius 3 is 2.86 bits per heavy atom. The van der Waals surface area contributed by atoms with E-state index in [9.17, 15) is 14.4 Å². The van der Waals surface area contributed by atoms with Crippen molar-refractivity contribution in [2.24, 2.45) is 0 Å². The maximum absolute atomic E-state index is 12.7. The van der Waals surface area contributed by atoms with E-state index in [1.165, 1.54) is 11.3 Å². The number of thiophene rings is 1. The molecule has 6 nitrogen and oxygen atoms in total. The molecule has 2 aliphatic rings. The molecular formula is C15H19N3O3S. The Morgan fingerprint density at radius 2 is 2.18 bits per heavy atom. The Kier molecular flexibility index (Phi) is 3.68. The normalized spacial score (nSPS) is 24.5. The predicted molar refractivity (Wildman–Crippen MR) is 83.8 cm³/mol. The van der Waals surface area contributed by atoms with Crippen LogP contribution in [0.5, 0.6) is 0 Å². The molecule has 22 heavy (non-hydrogen) atoms. The summed E-state index contributed by atoms with van der Waals surface area (Å²) in [6.45, 7) is 5.10. The van der Waals surface area contributed by atoms with Crippen LogP contribution in [0.3, 0.4) is 0 Å². The molecular weight excluding hydrogens is 302 g/mol. The zero-order chi connectivity index (χ0) is 15.9. The fourth-order valence-corrected chi connectivity index (χ4v) is 3.91. The van der Waals surface area contributed by atoms with Crippen LogP contribution < -0.4 is 10.6 Å². The summed E-state index contributed by atoms with van der Waals surface area (Å²) in [5.74, 6) is -0.773. The van der Waals surface area contributed by atoms with Gasteiger partial charge in [-0.1, -0.05) is 6.92 Å². The molecule has 1 aromatic heterocycles. The Balaban J connectivity index is 1.86. The molecule has 1 saturated heterocycles. The summed E-state index contributed by atoms with van der Waals surface area (Å²) >= 11 is 1.53. The lowest BCUT2D eigenvalue weighted by molar-refractivity contribution is -0.142. The molecule has 0 unspecified atom stereocenters. The summed E-state index contributed by atoms with van der Waals surface area (Å²) in [6.07, 6.45) is 1.64. The van der Waals surface area contributed by atoms with Gasteiger partial charge in [-0.05, 0) is 19.8 Å². The molecule has 0 aromatic carbocycles. The van der Waals surface area contributed by atoms with E-state index in [1.54, 1.807) is 11.8 Å². The Bertz CT molecular complexity index is 654. The van der Waals surface area contributed by atoms with Crippen LogP contribution in [-0.4, -0.2) is 34.7 Å². The number of carbonyl (C=O) groups is 3. The molecule has 0 saturated carbocycles. The van der Waals surface area contributed by atoms with Crippen LogP contribution in [0.2, 0.25) is 0 Å². The van der Waals surface area contributed by atoms with Gasteiger partial charge in [-0.2, -0.15) is 0 Å². The topological polar surface area (TPSA) is 78.5 Å². The van der Waals surface area contributed by atoms with Gasteiger partial charge in [0, 0.05) is 23.9 Å². The fraction of sp³-hybridized carbons (Fsp3) is 0.533. The van der Waals surface area contributed by atoms with Crippen LogP contribution >= 0.6 is 11.3 Å². The number of piperidine rings is 1. The third-order valence-electron chi connectivity index (χ3n) is 4.40. The van der Waals surface area contributed by atoms with Crippen molar-refractivity contribution in [3.63, 3.8) is 0 Å². The molecule has 3 amide bonds. The second-order valence-electron chi connectivity index (χ2n) is 5.93. The number of hydrogen-bond donors (Lipinski definition) is 2. The van der Waals surface area contributed by atoms with E-state index < -0.39 is 5.54 Å². The van der Waals surface area contributed by atoms with Crippen molar-refractivity contribution >= 4 is 34.1 Å². The number of anilines is 1. The van der Waals surface area contributed by atoms with Gasteiger partial charge in [0.1, 0.15) is 5.54 Å². The lowest BCUT2D eigenvalue weighted by atomic mass is 9.89. The van der Waals surface area contributed by atoms with Crippen LogP contribution in [-0.2, 0) is 16.1 Å². The van der Waals surface area contributed by atoms with E-state index in [4.69, 9.17) is 0 Å². The summed E-state index contributed by atoms with van der Waals surface area (Å²) in [5, 5.41) is 8.54. The van der Waals surface area contributed by atoms with Crippen LogP contribution in [0.15, 0.2) is 5.38 Å². The van der Waals surface area contributed by atoms with E-state index in [2.05, 4.69) is 17.6 Å². The predicted octanol–water partition coefficient (Wildman–Crippen LogP) is 1.72. The molecule has 2 aliphatic heterocycles. The number of imide groups is 1. The highest BCUT2D eigenvalue weighted by Gasteiger charge is 2.49. The van der Waals surface area contributed by atoms with Crippen LogP contribution in [0.4, 0.5) is 5.00 Å². The molecule has 0 radical (unpaired) electrons. The van der Waals surface area contributed by atoms with Crippen molar-refractivity contribution in [3.8, 4) is 0 Å². The molecule has 118 valence electrons. The van der Waals surface area contributed by atoms with Gasteiger partial charge < -0.3 is 10.2 Å². The van der Waals surface area contributed by atoms with Crippen molar-refractivity contribution in [1.29, 1.82) is 0 Å². The van der Waals surface area contributed by atoms with Crippen molar-refractivity contribution in [3.05, 3.63) is 16.5 Å². The molecule has 0 aliphatic carbocycles. The lowest BCUT2D eigenvalue weighted by Crippen LogP contribution is -2.61. The second-order valence-corrected chi connectivity index (χ2v) is 6.81. The summed E-state index contributed by atoms with van der Waals surface area (Å²) in [4.78, 5) is 37.9. The average molecular weight is 321 g/mol. The number of nitrogens with one attached hydrogen (secondary N) is 2. The SMILES string of the molecule is CCCNc1scc2c1CN([C@@]1(C)CCC(=O)NC1=O)C2=O. The molecule has 1 atom stereocenters. The fourth-order valence-electron chi connectivity index (χ4n) is 2.93. The number of hydrogen-bond acceptors (Lipinski definition) is 5. The standard InChI is InChI=1S/C15H19N3O3S/c1-3-6-16-12-9-7-18(13(20)10(9)8-22-12)15(2)5-4-11(19)17-14(15)21/h8,16H,3-7H2,1-2H3,(H,17,19,21)/t15-/m0/s1. The molecule has 1 aromatic rings. The molecule has 2 N–H and O–H groups in total. The first-order valence-corrected chi connectivity index (χ1v) is 8.36. The van der Waals surface area contributed by atoms with Gasteiger partial charge in [0.25, 0.3) is 11.8 Å². The first-order valence-electron chi connectivity index (χ1n) is 7.48. The highest BCUT2D eigenvalue weighted by Crippen LogP contribution is 2.40. The number of rotatable bonds is 4. The van der Waals surface area contributed by atoms with E-state index in [0.717, 1.165) is 23.5 Å². The van der Waals surface area contributed by atoms with E-state index in [-0.39, 0.29) is 24.1 Å². The third kappa shape index (κ3) is 2.20. The van der Waals surface area contributed by atoms with E-state index in [1.807, 2.05) is 5.38 Å². The molecule has 0 bridgehead atoms. The maximum atomic E-state index is 12.7. The van der Waals surface area contributed by atoms with Gasteiger partial charge in [0.2, 0.25) is 5.91 Å². The lowest BCUT2D eigenvalue weighted by Gasteiger charge is -2.39. The summed E-state index contributed by atoms with van der Waals surface area (Å²) in [5.41, 5.74) is 0.688. The van der Waals surface area contributed by atoms with Gasteiger partial charge in [-0.15, -0.1) is 11.3 Å². The minimum atomic E-state index is -0.955. The first kappa shape index (κ1) is 15.0. The van der Waals surface area contributed by atoms with Gasteiger partial charge >= 0.3 is 0 Å². The highest BCUT2D eigenvalue weighted by atomic mass is 32.1. The summed E-state index contributed by atoms with van der Waals surface area (Å²) < 4.78 is 0. The molecule has 7 heteroatoms. The zero-order valence-electron chi connectivity index (χ0n) is 12.7. The van der Waals surface area contributed by atoms with Crippen LogP contribution in [0.25, 0.3) is 0 Å². The molecule has 1 fully saturated rings. The molecule has 3 heterocycles. The van der Waals surface area contributed by atoms with Gasteiger partial charge in [0.05, 0.1) is 17.1 Å². The largest absolute Gasteiger partial charge is 0.377 e. The molecule has 3 rings (SSSR count). The van der Waals surface area contributed by atoms with E-state index >= 15 is 0 Å². The number of carbonyl (C=O) groups excluding carboxylic acids is 3. The Labute approximate surface area is 132 Å². The maximum Gasteiger partial charge on any atom is 0.256 e. The monoisotopic (exact) mass is 321 g/mol. The smallest absolute Gasteiger partial charge is 0.256 e. The van der Waals surface area contributed by atoms with Crippen molar-refractivity contribution in [1.82, 2.24) is 10.2 Å². The summed E-state index contributed by atoms with van der Waals surface area (Å²) in [7, 11) is 0. The van der Waals surface area contributed by atoms with Crippen LogP contribution in [0, 0.1) is 0 Å². The minimum absolute atomic E-state index is 0.122. The minimum Gasteiger partial charge on any atom is -0.377 e. The van der Waals surface area contributed by atoms with Crippen molar-refractivity contribution < 1.29 is 14.4 Å². The van der Waals surface area contributed by atoms with Crippen molar-refractivity contribution in [2.45, 2.75) is 45.2 Å².